The normalized spacial score (nSPS) is 12.8. The zero-order chi connectivity index (χ0) is 13.0. The minimum Gasteiger partial charge on any atom is -0.393 e. The third-order valence-corrected chi connectivity index (χ3v) is 3.16. The minimum absolute atomic E-state index is 0.0748. The maximum Gasteiger partial charge on any atom is 0.189 e. The largest absolute Gasteiger partial charge is 0.393 e. The van der Waals surface area contributed by atoms with Crippen LogP contribution in [0.2, 0.25) is 0 Å². The van der Waals surface area contributed by atoms with Crippen LogP contribution in [0.25, 0.3) is 10.9 Å². The molecule has 1 N–H and O–H groups in total. The standard InChI is InChI=1S/C15H19NO2/c1-12(17)6-4-5-10-16-11-9-15(18)13-7-2-3-8-14(13)16/h2-3,7-9,11-12,17H,4-6,10H2,1H3. The lowest BCUT2D eigenvalue weighted by atomic mass is 10.1. The fourth-order valence-electron chi connectivity index (χ4n) is 2.18. The van der Waals surface area contributed by atoms with Crippen molar-refractivity contribution < 1.29 is 5.11 Å². The molecule has 1 aromatic carbocycles. The number of aryl methyl sites for hydroxylation is 1. The van der Waals surface area contributed by atoms with Gasteiger partial charge >= 0.3 is 0 Å². The van der Waals surface area contributed by atoms with Gasteiger partial charge in [-0.3, -0.25) is 4.79 Å². The molecule has 0 aliphatic heterocycles. The summed E-state index contributed by atoms with van der Waals surface area (Å²) in [5.74, 6) is 0. The summed E-state index contributed by atoms with van der Waals surface area (Å²) in [7, 11) is 0. The van der Waals surface area contributed by atoms with Gasteiger partial charge in [0, 0.05) is 24.2 Å². The lowest BCUT2D eigenvalue weighted by Gasteiger charge is -2.10. The van der Waals surface area contributed by atoms with Crippen molar-refractivity contribution in [3.63, 3.8) is 0 Å². The Kier molecular flexibility index (Phi) is 4.15. The summed E-state index contributed by atoms with van der Waals surface area (Å²) in [5, 5.41) is 9.98. The second kappa shape index (κ2) is 5.83. The Labute approximate surface area is 107 Å². The van der Waals surface area contributed by atoms with Gasteiger partial charge in [0.1, 0.15) is 0 Å². The topological polar surface area (TPSA) is 42.2 Å². The van der Waals surface area contributed by atoms with Gasteiger partial charge in [0.25, 0.3) is 0 Å². The number of unbranched alkanes of at least 4 members (excludes halogenated alkanes) is 1. The van der Waals surface area contributed by atoms with Crippen molar-refractivity contribution in [2.24, 2.45) is 0 Å². The van der Waals surface area contributed by atoms with E-state index < -0.39 is 0 Å². The summed E-state index contributed by atoms with van der Waals surface area (Å²) < 4.78 is 2.11. The third-order valence-electron chi connectivity index (χ3n) is 3.16. The molecule has 0 fully saturated rings. The van der Waals surface area contributed by atoms with E-state index >= 15 is 0 Å². The maximum absolute atomic E-state index is 11.7. The second-order valence-electron chi connectivity index (χ2n) is 4.74. The van der Waals surface area contributed by atoms with Crippen LogP contribution in [0.4, 0.5) is 0 Å². The van der Waals surface area contributed by atoms with Gasteiger partial charge in [-0.1, -0.05) is 12.1 Å². The van der Waals surface area contributed by atoms with E-state index in [1.165, 1.54) is 0 Å². The molecule has 1 heterocycles. The lowest BCUT2D eigenvalue weighted by molar-refractivity contribution is 0.180. The second-order valence-corrected chi connectivity index (χ2v) is 4.74. The molecular weight excluding hydrogens is 226 g/mol. The van der Waals surface area contributed by atoms with Crippen molar-refractivity contribution in [2.45, 2.75) is 38.8 Å². The van der Waals surface area contributed by atoms with Crippen LogP contribution in [0, 0.1) is 0 Å². The van der Waals surface area contributed by atoms with E-state index in [1.807, 2.05) is 37.4 Å². The quantitative estimate of drug-likeness (QED) is 0.823. The van der Waals surface area contributed by atoms with E-state index in [4.69, 9.17) is 0 Å². The number of pyridine rings is 1. The third kappa shape index (κ3) is 2.99. The summed E-state index contributed by atoms with van der Waals surface area (Å²) in [4.78, 5) is 11.7. The monoisotopic (exact) mass is 245 g/mol. The highest BCUT2D eigenvalue weighted by molar-refractivity contribution is 5.78. The van der Waals surface area contributed by atoms with E-state index in [1.54, 1.807) is 6.07 Å². The van der Waals surface area contributed by atoms with Gasteiger partial charge in [0.2, 0.25) is 0 Å². The number of hydrogen-bond donors (Lipinski definition) is 1. The van der Waals surface area contributed by atoms with Gasteiger partial charge in [0.05, 0.1) is 11.6 Å². The highest BCUT2D eigenvalue weighted by atomic mass is 16.3. The van der Waals surface area contributed by atoms with Crippen LogP contribution in [0.1, 0.15) is 26.2 Å². The first-order valence-electron chi connectivity index (χ1n) is 6.45. The molecule has 0 spiro atoms. The highest BCUT2D eigenvalue weighted by Crippen LogP contribution is 2.11. The van der Waals surface area contributed by atoms with Crippen molar-refractivity contribution in [1.82, 2.24) is 4.57 Å². The lowest BCUT2D eigenvalue weighted by Crippen LogP contribution is -2.08. The Morgan fingerprint density at radius 2 is 2.00 bits per heavy atom. The first-order valence-corrected chi connectivity index (χ1v) is 6.45. The summed E-state index contributed by atoms with van der Waals surface area (Å²) in [6.45, 7) is 2.70. The average Bonchev–Trinajstić information content (AvgIpc) is 2.37. The zero-order valence-electron chi connectivity index (χ0n) is 10.7. The molecule has 3 nitrogen and oxygen atoms in total. The van der Waals surface area contributed by atoms with Gasteiger partial charge in [-0.15, -0.1) is 0 Å². The summed E-state index contributed by atoms with van der Waals surface area (Å²) >= 11 is 0. The average molecular weight is 245 g/mol. The molecule has 18 heavy (non-hydrogen) atoms. The van der Waals surface area contributed by atoms with Crippen LogP contribution in [-0.2, 0) is 6.54 Å². The molecule has 2 rings (SSSR count). The van der Waals surface area contributed by atoms with Gasteiger partial charge in [0.15, 0.2) is 5.43 Å². The van der Waals surface area contributed by atoms with Crippen LogP contribution < -0.4 is 5.43 Å². The molecule has 0 radical (unpaired) electrons. The molecule has 0 aliphatic rings. The van der Waals surface area contributed by atoms with Gasteiger partial charge in [-0.2, -0.15) is 0 Å². The predicted octanol–water partition coefficient (Wildman–Crippen LogP) is 2.55. The molecule has 96 valence electrons. The van der Waals surface area contributed by atoms with Crippen molar-refractivity contribution in [2.75, 3.05) is 0 Å². The molecule has 0 saturated heterocycles. The molecule has 1 unspecified atom stereocenters. The molecule has 2 aromatic rings. The SMILES string of the molecule is CC(O)CCCCn1ccc(=O)c2ccccc21. The first kappa shape index (κ1) is 12.8. The number of fused-ring (bicyclic) bond motifs is 1. The van der Waals surface area contributed by atoms with Crippen LogP contribution in [0.5, 0.6) is 0 Å². The van der Waals surface area contributed by atoms with Crippen LogP contribution in [-0.4, -0.2) is 15.8 Å². The Morgan fingerprint density at radius 3 is 2.78 bits per heavy atom. The van der Waals surface area contributed by atoms with Crippen LogP contribution in [0.3, 0.4) is 0 Å². The zero-order valence-corrected chi connectivity index (χ0v) is 10.7. The fraction of sp³-hybridized carbons (Fsp3) is 0.400. The van der Waals surface area contributed by atoms with Crippen molar-refractivity contribution in [3.8, 4) is 0 Å². The van der Waals surface area contributed by atoms with Gasteiger partial charge in [-0.25, -0.2) is 0 Å². The van der Waals surface area contributed by atoms with Crippen LogP contribution in [0.15, 0.2) is 41.3 Å². The smallest absolute Gasteiger partial charge is 0.189 e. The first-order chi connectivity index (χ1) is 8.68. The number of aliphatic hydroxyl groups is 1. The Balaban J connectivity index is 2.14. The summed E-state index contributed by atoms with van der Waals surface area (Å²) in [5.41, 5.74) is 1.06. The fourth-order valence-corrected chi connectivity index (χ4v) is 2.18. The number of aromatic nitrogens is 1. The van der Waals surface area contributed by atoms with E-state index in [2.05, 4.69) is 4.57 Å². The Morgan fingerprint density at radius 1 is 1.22 bits per heavy atom. The molecule has 0 saturated carbocycles. The predicted molar refractivity (Wildman–Crippen MR) is 73.7 cm³/mol. The highest BCUT2D eigenvalue weighted by Gasteiger charge is 2.02. The van der Waals surface area contributed by atoms with E-state index in [-0.39, 0.29) is 11.5 Å². The Hall–Kier alpha value is -1.61. The molecule has 0 amide bonds. The number of para-hydroxylation sites is 1. The van der Waals surface area contributed by atoms with Gasteiger partial charge in [-0.05, 0) is 38.3 Å². The van der Waals surface area contributed by atoms with E-state index in [0.29, 0.717) is 0 Å². The van der Waals surface area contributed by atoms with E-state index in [0.717, 1.165) is 36.7 Å². The molecule has 1 atom stereocenters. The molecule has 1 aromatic heterocycles. The number of nitrogens with zero attached hydrogens (tertiary/aromatic N) is 1. The summed E-state index contributed by atoms with van der Waals surface area (Å²) in [6.07, 6.45) is 4.47. The number of aliphatic hydroxyl groups excluding tert-OH is 1. The molecule has 0 aliphatic carbocycles. The van der Waals surface area contributed by atoms with Crippen LogP contribution >= 0.6 is 0 Å². The minimum atomic E-state index is -0.226. The van der Waals surface area contributed by atoms with Crippen molar-refractivity contribution in [1.29, 1.82) is 0 Å². The maximum atomic E-state index is 11.7. The van der Waals surface area contributed by atoms with Gasteiger partial charge < -0.3 is 9.67 Å². The number of benzene rings is 1. The molecule has 3 heteroatoms. The molecule has 0 bridgehead atoms. The molecular formula is C15H19NO2. The Bertz CT molecular complexity index is 572. The van der Waals surface area contributed by atoms with E-state index in [9.17, 15) is 9.90 Å². The number of hydrogen-bond acceptors (Lipinski definition) is 2. The van der Waals surface area contributed by atoms with Crippen molar-refractivity contribution in [3.05, 3.63) is 46.8 Å². The summed E-state index contributed by atoms with van der Waals surface area (Å²) in [6, 6.07) is 9.31. The number of rotatable bonds is 5. The van der Waals surface area contributed by atoms with Crippen molar-refractivity contribution >= 4 is 10.9 Å².